The first-order valence-electron chi connectivity index (χ1n) is 9.22. The van der Waals surface area contributed by atoms with Gasteiger partial charge in [0.25, 0.3) is 5.91 Å². The molecule has 0 radical (unpaired) electrons. The average molecular weight is 407 g/mol. The Hall–Kier alpha value is -3.29. The van der Waals surface area contributed by atoms with E-state index in [4.69, 9.17) is 9.47 Å². The number of aryl methyl sites for hydroxylation is 2. The summed E-state index contributed by atoms with van der Waals surface area (Å²) in [5.74, 6) is 0.560. The molecule has 0 spiro atoms. The van der Waals surface area contributed by atoms with Gasteiger partial charge in [0.1, 0.15) is 22.7 Å². The second kappa shape index (κ2) is 8.81. The number of anilines is 1. The topological polar surface area (TPSA) is 95.1 Å². The maximum Gasteiger partial charge on any atom is 0.266 e. The van der Waals surface area contributed by atoms with Crippen LogP contribution in [0, 0.1) is 29.6 Å². The van der Waals surface area contributed by atoms with Crippen molar-refractivity contribution in [3.8, 4) is 23.6 Å². The lowest BCUT2D eigenvalue weighted by Gasteiger charge is -2.11. The number of ether oxygens (including phenoxy) is 2. The number of benzene rings is 1. The molecule has 3 rings (SSSR count). The highest BCUT2D eigenvalue weighted by Crippen LogP contribution is 2.38. The minimum Gasteiger partial charge on any atom is -0.493 e. The maximum absolute atomic E-state index is 12.8. The van der Waals surface area contributed by atoms with Gasteiger partial charge in [-0.05, 0) is 67.5 Å². The fraction of sp³-hybridized carbons (Fsp3) is 0.318. The van der Waals surface area contributed by atoms with Crippen molar-refractivity contribution in [2.75, 3.05) is 19.5 Å². The van der Waals surface area contributed by atoms with Gasteiger partial charge in [-0.2, -0.15) is 10.5 Å². The molecular formula is C22H21N3O3S. The van der Waals surface area contributed by atoms with Crippen LogP contribution in [0.15, 0.2) is 17.7 Å². The number of fused-ring (bicyclic) bond motifs is 1. The van der Waals surface area contributed by atoms with Crippen molar-refractivity contribution in [3.63, 3.8) is 0 Å². The van der Waals surface area contributed by atoms with Crippen LogP contribution in [0.25, 0.3) is 6.08 Å². The number of carbonyl (C=O) groups excluding carboxylic acids is 1. The first-order valence-corrected chi connectivity index (χ1v) is 10.0. The van der Waals surface area contributed by atoms with Crippen LogP contribution in [0.3, 0.4) is 0 Å². The lowest BCUT2D eigenvalue weighted by Crippen LogP contribution is -2.13. The van der Waals surface area contributed by atoms with E-state index in [0.717, 1.165) is 41.7 Å². The number of hydrogen-bond donors (Lipinski definition) is 1. The molecule has 1 aromatic heterocycles. The summed E-state index contributed by atoms with van der Waals surface area (Å²) in [5, 5.41) is 22.4. The Balaban J connectivity index is 1.92. The van der Waals surface area contributed by atoms with Gasteiger partial charge in [0.15, 0.2) is 11.5 Å². The van der Waals surface area contributed by atoms with Gasteiger partial charge in [-0.3, -0.25) is 4.79 Å². The number of nitrogens with one attached hydrogen (secondary N) is 1. The zero-order valence-electron chi connectivity index (χ0n) is 16.6. The molecular weight excluding hydrogens is 386 g/mol. The molecule has 1 aromatic carbocycles. The third-order valence-electron chi connectivity index (χ3n) is 4.95. The molecule has 0 atom stereocenters. The van der Waals surface area contributed by atoms with Crippen molar-refractivity contribution >= 4 is 28.3 Å². The van der Waals surface area contributed by atoms with Gasteiger partial charge in [0, 0.05) is 4.88 Å². The molecule has 1 aliphatic carbocycles. The summed E-state index contributed by atoms with van der Waals surface area (Å²) in [6.45, 7) is 1.86. The van der Waals surface area contributed by atoms with Crippen LogP contribution in [0.5, 0.6) is 11.5 Å². The lowest BCUT2D eigenvalue weighted by atomic mass is 9.96. The number of carbonyl (C=O) groups is 1. The van der Waals surface area contributed by atoms with Crippen LogP contribution >= 0.6 is 11.3 Å². The third kappa shape index (κ3) is 4.11. The van der Waals surface area contributed by atoms with Gasteiger partial charge in [-0.1, -0.05) is 0 Å². The van der Waals surface area contributed by atoms with Gasteiger partial charge < -0.3 is 14.8 Å². The van der Waals surface area contributed by atoms with Crippen molar-refractivity contribution in [1.29, 1.82) is 10.5 Å². The second-order valence-electron chi connectivity index (χ2n) is 6.71. The van der Waals surface area contributed by atoms with E-state index >= 15 is 0 Å². The zero-order valence-corrected chi connectivity index (χ0v) is 17.4. The standard InChI is InChI=1S/C22H21N3O3S/c1-13-8-18(27-2)19(28-3)10-14(13)9-15(11-23)21(26)25-22-17(12-24)16-6-4-5-7-20(16)29-22/h8-10H,4-7H2,1-3H3,(H,25,26)/b15-9+. The Labute approximate surface area is 174 Å². The summed E-state index contributed by atoms with van der Waals surface area (Å²) < 4.78 is 10.6. The number of rotatable bonds is 5. The van der Waals surface area contributed by atoms with Crippen LogP contribution < -0.4 is 14.8 Å². The van der Waals surface area contributed by atoms with Gasteiger partial charge in [-0.15, -0.1) is 11.3 Å². The van der Waals surface area contributed by atoms with Gasteiger partial charge in [0.2, 0.25) is 0 Å². The molecule has 0 aliphatic heterocycles. The largest absolute Gasteiger partial charge is 0.493 e. The Morgan fingerprint density at radius 1 is 1.17 bits per heavy atom. The van der Waals surface area contributed by atoms with E-state index in [1.165, 1.54) is 24.5 Å². The summed E-state index contributed by atoms with van der Waals surface area (Å²) in [7, 11) is 3.08. The van der Waals surface area contributed by atoms with Crippen LogP contribution in [0.4, 0.5) is 5.00 Å². The Morgan fingerprint density at radius 2 is 1.86 bits per heavy atom. The van der Waals surface area contributed by atoms with Crippen LogP contribution in [0.1, 0.15) is 40.0 Å². The van der Waals surface area contributed by atoms with Crippen LogP contribution in [-0.4, -0.2) is 20.1 Å². The summed E-state index contributed by atoms with van der Waals surface area (Å²) >= 11 is 1.44. The van der Waals surface area contributed by atoms with E-state index in [9.17, 15) is 15.3 Å². The van der Waals surface area contributed by atoms with E-state index in [1.54, 1.807) is 19.2 Å². The Morgan fingerprint density at radius 3 is 2.52 bits per heavy atom. The van der Waals surface area contributed by atoms with E-state index < -0.39 is 5.91 Å². The molecule has 6 nitrogen and oxygen atoms in total. The first kappa shape index (κ1) is 20.4. The SMILES string of the molecule is COc1cc(C)c(/C=C(\C#N)C(=O)Nc2sc3c(c2C#N)CCCC3)cc1OC. The Bertz CT molecular complexity index is 1070. The highest BCUT2D eigenvalue weighted by atomic mass is 32.1. The van der Waals surface area contributed by atoms with E-state index in [-0.39, 0.29) is 5.57 Å². The molecule has 0 bridgehead atoms. The van der Waals surface area contributed by atoms with Crippen LogP contribution in [0.2, 0.25) is 0 Å². The van der Waals surface area contributed by atoms with E-state index in [1.807, 2.05) is 13.0 Å². The minimum absolute atomic E-state index is 0.0458. The van der Waals surface area contributed by atoms with E-state index in [2.05, 4.69) is 11.4 Å². The average Bonchev–Trinajstić information content (AvgIpc) is 3.09. The summed E-state index contributed by atoms with van der Waals surface area (Å²) in [6, 6.07) is 7.69. The highest BCUT2D eigenvalue weighted by Gasteiger charge is 2.23. The number of thiophene rings is 1. The number of hydrogen-bond acceptors (Lipinski definition) is 6. The molecule has 148 valence electrons. The fourth-order valence-electron chi connectivity index (χ4n) is 3.40. The molecule has 1 aliphatic rings. The van der Waals surface area contributed by atoms with Crippen molar-refractivity contribution in [3.05, 3.63) is 44.8 Å². The zero-order chi connectivity index (χ0) is 21.0. The second-order valence-corrected chi connectivity index (χ2v) is 7.82. The summed E-state index contributed by atoms with van der Waals surface area (Å²) in [5.41, 5.74) is 3.04. The molecule has 1 heterocycles. The summed E-state index contributed by atoms with van der Waals surface area (Å²) in [6.07, 6.45) is 5.44. The van der Waals surface area contributed by atoms with Crippen LogP contribution in [-0.2, 0) is 17.6 Å². The number of methoxy groups -OCH3 is 2. The van der Waals surface area contributed by atoms with Crippen molar-refractivity contribution in [2.24, 2.45) is 0 Å². The smallest absolute Gasteiger partial charge is 0.266 e. The van der Waals surface area contributed by atoms with E-state index in [0.29, 0.717) is 27.6 Å². The molecule has 1 N–H and O–H groups in total. The van der Waals surface area contributed by atoms with Crippen molar-refractivity contribution in [2.45, 2.75) is 32.6 Å². The molecule has 1 amide bonds. The van der Waals surface area contributed by atoms with Gasteiger partial charge in [-0.25, -0.2) is 0 Å². The minimum atomic E-state index is -0.531. The number of nitrogens with zero attached hydrogens (tertiary/aromatic N) is 2. The maximum atomic E-state index is 12.8. The molecule has 0 unspecified atom stereocenters. The quantitative estimate of drug-likeness (QED) is 0.586. The van der Waals surface area contributed by atoms with Gasteiger partial charge in [0.05, 0.1) is 19.8 Å². The molecule has 7 heteroatoms. The van der Waals surface area contributed by atoms with Crippen molar-refractivity contribution < 1.29 is 14.3 Å². The third-order valence-corrected chi connectivity index (χ3v) is 6.15. The molecule has 2 aromatic rings. The first-order chi connectivity index (χ1) is 14.0. The van der Waals surface area contributed by atoms with Crippen molar-refractivity contribution in [1.82, 2.24) is 0 Å². The normalized spacial score (nSPS) is 13.1. The number of nitriles is 2. The number of amides is 1. The lowest BCUT2D eigenvalue weighted by molar-refractivity contribution is -0.112. The molecule has 29 heavy (non-hydrogen) atoms. The molecule has 0 fully saturated rings. The molecule has 0 saturated carbocycles. The predicted molar refractivity (Wildman–Crippen MR) is 112 cm³/mol. The monoisotopic (exact) mass is 407 g/mol. The fourth-order valence-corrected chi connectivity index (χ4v) is 4.63. The Kier molecular flexibility index (Phi) is 6.21. The molecule has 0 saturated heterocycles. The summed E-state index contributed by atoms with van der Waals surface area (Å²) in [4.78, 5) is 13.9. The van der Waals surface area contributed by atoms with Gasteiger partial charge >= 0.3 is 0 Å². The predicted octanol–water partition coefficient (Wildman–Crippen LogP) is 4.37. The highest BCUT2D eigenvalue weighted by molar-refractivity contribution is 7.16.